The van der Waals surface area contributed by atoms with Crippen molar-refractivity contribution in [3.05, 3.63) is 68.3 Å². The Bertz CT molecular complexity index is 1420. The maximum Gasteiger partial charge on any atom is 0.270 e. The summed E-state index contributed by atoms with van der Waals surface area (Å²) in [6.45, 7) is 6.51. The Morgan fingerprint density at radius 3 is 2.69 bits per heavy atom. The summed E-state index contributed by atoms with van der Waals surface area (Å²) in [5.41, 5.74) is 1.75. The Kier molecular flexibility index (Phi) is 6.83. The third-order valence-electron chi connectivity index (χ3n) is 6.62. The molecule has 9 nitrogen and oxygen atoms in total. The van der Waals surface area contributed by atoms with Crippen LogP contribution in [-0.2, 0) is 6.54 Å². The summed E-state index contributed by atoms with van der Waals surface area (Å²) in [7, 11) is 0. The second-order valence-electron chi connectivity index (χ2n) is 9.28. The first-order chi connectivity index (χ1) is 17.3. The molecule has 188 valence electrons. The minimum Gasteiger partial charge on any atom is -0.355 e. The molecule has 1 N–H and O–H groups in total. The van der Waals surface area contributed by atoms with E-state index in [9.17, 15) is 14.9 Å². The van der Waals surface area contributed by atoms with Gasteiger partial charge in [-0.1, -0.05) is 16.8 Å². The van der Waals surface area contributed by atoms with Gasteiger partial charge in [0, 0.05) is 54.3 Å². The Balaban J connectivity index is 1.43. The molecule has 1 aromatic carbocycles. The SMILES string of the molecule is CC(C)N1CCC(NC(=O)c2cc3cc([N+](=O)[O-])ccc3n2Cc2cc(-c3ccc(Cl)s3)on2)CC1. The van der Waals surface area contributed by atoms with Gasteiger partial charge in [0.1, 0.15) is 11.4 Å². The molecule has 1 aliphatic rings. The summed E-state index contributed by atoms with van der Waals surface area (Å²) in [6, 6.07) is 12.4. The van der Waals surface area contributed by atoms with Gasteiger partial charge in [0.2, 0.25) is 0 Å². The molecule has 0 radical (unpaired) electrons. The van der Waals surface area contributed by atoms with Gasteiger partial charge in [0.05, 0.1) is 20.7 Å². The Labute approximate surface area is 216 Å². The topological polar surface area (TPSA) is 106 Å². The zero-order chi connectivity index (χ0) is 25.4. The van der Waals surface area contributed by atoms with Crippen molar-refractivity contribution in [1.82, 2.24) is 19.9 Å². The van der Waals surface area contributed by atoms with E-state index in [1.165, 1.54) is 23.5 Å². The average Bonchev–Trinajstić information content (AvgIpc) is 3.58. The highest BCUT2D eigenvalue weighted by Gasteiger charge is 2.25. The number of carbonyl (C=O) groups is 1. The van der Waals surface area contributed by atoms with Gasteiger partial charge in [-0.15, -0.1) is 11.3 Å². The minimum absolute atomic E-state index is 0.0223. The molecule has 0 bridgehead atoms. The molecule has 0 aliphatic carbocycles. The molecular weight excluding hydrogens is 502 g/mol. The maximum absolute atomic E-state index is 13.4. The van der Waals surface area contributed by atoms with E-state index >= 15 is 0 Å². The van der Waals surface area contributed by atoms with Crippen LogP contribution in [0.2, 0.25) is 4.34 Å². The van der Waals surface area contributed by atoms with Gasteiger partial charge < -0.3 is 19.3 Å². The predicted molar refractivity (Wildman–Crippen MR) is 140 cm³/mol. The number of fused-ring (bicyclic) bond motifs is 1. The summed E-state index contributed by atoms with van der Waals surface area (Å²) in [5.74, 6) is 0.391. The van der Waals surface area contributed by atoms with Crippen molar-refractivity contribution in [3.63, 3.8) is 0 Å². The zero-order valence-corrected chi connectivity index (χ0v) is 21.5. The highest BCUT2D eigenvalue weighted by molar-refractivity contribution is 7.19. The monoisotopic (exact) mass is 527 g/mol. The molecule has 1 aliphatic heterocycles. The molecule has 3 aromatic heterocycles. The Morgan fingerprint density at radius 1 is 1.25 bits per heavy atom. The molecule has 36 heavy (non-hydrogen) atoms. The van der Waals surface area contributed by atoms with E-state index in [2.05, 4.69) is 29.2 Å². The standard InChI is InChI=1S/C25H26ClN5O4S/c1-15(2)29-9-7-17(8-10-29)27-25(32)21-12-16-11-19(31(33)34)3-4-20(16)30(21)14-18-13-22(35-28-18)23-5-6-24(26)36-23/h3-6,11-13,15,17H,7-10,14H2,1-2H3,(H,27,32). The van der Waals surface area contributed by atoms with E-state index in [-0.39, 0.29) is 24.2 Å². The molecule has 0 unspecified atom stereocenters. The van der Waals surface area contributed by atoms with Crippen LogP contribution in [0.4, 0.5) is 5.69 Å². The quantitative estimate of drug-likeness (QED) is 0.249. The molecule has 0 atom stereocenters. The van der Waals surface area contributed by atoms with Crippen LogP contribution < -0.4 is 5.32 Å². The van der Waals surface area contributed by atoms with Gasteiger partial charge in [-0.2, -0.15) is 0 Å². The predicted octanol–water partition coefficient (Wildman–Crippen LogP) is 5.57. The lowest BCUT2D eigenvalue weighted by molar-refractivity contribution is -0.384. The number of piperidine rings is 1. The van der Waals surface area contributed by atoms with Gasteiger partial charge in [0.15, 0.2) is 5.76 Å². The molecule has 1 amide bonds. The number of aromatic nitrogens is 2. The van der Waals surface area contributed by atoms with E-state index < -0.39 is 4.92 Å². The number of hydrogen-bond donors (Lipinski definition) is 1. The fraction of sp³-hybridized carbons (Fsp3) is 0.360. The number of thiophene rings is 1. The van der Waals surface area contributed by atoms with Crippen molar-refractivity contribution in [3.8, 4) is 10.6 Å². The van der Waals surface area contributed by atoms with Crippen LogP contribution in [0.5, 0.6) is 0 Å². The number of halogens is 1. The number of amides is 1. The molecule has 0 spiro atoms. The summed E-state index contributed by atoms with van der Waals surface area (Å²) in [4.78, 5) is 27.6. The van der Waals surface area contributed by atoms with E-state index in [0.717, 1.165) is 30.8 Å². The fourth-order valence-corrected chi connectivity index (χ4v) is 5.65. The first kappa shape index (κ1) is 24.5. The highest BCUT2D eigenvalue weighted by Crippen LogP contribution is 2.32. The first-order valence-electron chi connectivity index (χ1n) is 11.8. The third kappa shape index (κ3) is 5.02. The molecule has 0 saturated carbocycles. The van der Waals surface area contributed by atoms with E-state index in [0.29, 0.717) is 38.4 Å². The lowest BCUT2D eigenvalue weighted by Gasteiger charge is -2.34. The highest BCUT2D eigenvalue weighted by atomic mass is 35.5. The number of non-ortho nitro benzene ring substituents is 1. The molecule has 4 heterocycles. The largest absolute Gasteiger partial charge is 0.355 e. The molecule has 11 heteroatoms. The van der Waals surface area contributed by atoms with Gasteiger partial charge in [-0.25, -0.2) is 0 Å². The van der Waals surface area contributed by atoms with Crippen molar-refractivity contribution in [2.45, 2.75) is 45.3 Å². The van der Waals surface area contributed by atoms with Crippen molar-refractivity contribution in [2.24, 2.45) is 0 Å². The van der Waals surface area contributed by atoms with Crippen molar-refractivity contribution in [1.29, 1.82) is 0 Å². The fourth-order valence-electron chi connectivity index (χ4n) is 4.66. The second kappa shape index (κ2) is 10.0. The molecular formula is C25H26ClN5O4S. The minimum atomic E-state index is -0.435. The third-order valence-corrected chi connectivity index (χ3v) is 7.86. The molecule has 1 fully saturated rings. The van der Waals surface area contributed by atoms with Crippen LogP contribution in [0.1, 0.15) is 42.9 Å². The van der Waals surface area contributed by atoms with Crippen LogP contribution >= 0.6 is 22.9 Å². The number of nitrogens with zero attached hydrogens (tertiary/aromatic N) is 4. The normalized spacial score (nSPS) is 15.1. The number of likely N-dealkylation sites (tertiary alicyclic amines) is 1. The maximum atomic E-state index is 13.4. The number of rotatable bonds is 7. The number of benzene rings is 1. The summed E-state index contributed by atoms with van der Waals surface area (Å²) in [6.07, 6.45) is 1.76. The van der Waals surface area contributed by atoms with Gasteiger partial charge >= 0.3 is 0 Å². The van der Waals surface area contributed by atoms with Crippen LogP contribution in [0.15, 0.2) is 47.0 Å². The van der Waals surface area contributed by atoms with Crippen LogP contribution in [0.25, 0.3) is 21.5 Å². The lowest BCUT2D eigenvalue weighted by atomic mass is 10.0. The van der Waals surface area contributed by atoms with E-state index in [4.69, 9.17) is 16.1 Å². The molecule has 4 aromatic rings. The van der Waals surface area contributed by atoms with Crippen molar-refractivity contribution >= 4 is 45.4 Å². The number of nitro benzene ring substituents is 1. The zero-order valence-electron chi connectivity index (χ0n) is 19.9. The average molecular weight is 528 g/mol. The Hall–Kier alpha value is -3.21. The van der Waals surface area contributed by atoms with Crippen molar-refractivity contribution in [2.75, 3.05) is 13.1 Å². The summed E-state index contributed by atoms with van der Waals surface area (Å²) >= 11 is 7.44. The summed E-state index contributed by atoms with van der Waals surface area (Å²) < 4.78 is 8.01. The summed E-state index contributed by atoms with van der Waals surface area (Å²) in [5, 5.41) is 19.3. The number of nitro groups is 1. The number of nitrogens with one attached hydrogen (secondary N) is 1. The van der Waals surface area contributed by atoms with Crippen LogP contribution in [0.3, 0.4) is 0 Å². The number of hydrogen-bond acceptors (Lipinski definition) is 7. The molecule has 5 rings (SSSR count). The lowest BCUT2D eigenvalue weighted by Crippen LogP contribution is -2.46. The van der Waals surface area contributed by atoms with E-state index in [1.807, 2.05) is 16.7 Å². The van der Waals surface area contributed by atoms with Gasteiger partial charge in [-0.3, -0.25) is 14.9 Å². The second-order valence-corrected chi connectivity index (χ2v) is 11.0. The molecule has 1 saturated heterocycles. The van der Waals surface area contributed by atoms with Crippen molar-refractivity contribution < 1.29 is 14.2 Å². The van der Waals surface area contributed by atoms with Gasteiger partial charge in [0.25, 0.3) is 11.6 Å². The van der Waals surface area contributed by atoms with Crippen LogP contribution in [0, 0.1) is 10.1 Å². The first-order valence-corrected chi connectivity index (χ1v) is 13.0. The Morgan fingerprint density at radius 2 is 2.03 bits per heavy atom. The van der Waals surface area contributed by atoms with Crippen LogP contribution in [-0.4, -0.2) is 50.6 Å². The van der Waals surface area contributed by atoms with E-state index in [1.54, 1.807) is 18.2 Å². The number of carbonyl (C=O) groups excluding carboxylic acids is 1. The smallest absolute Gasteiger partial charge is 0.270 e. The van der Waals surface area contributed by atoms with Gasteiger partial charge in [-0.05, 0) is 51.0 Å².